The SMILES string of the molecule is CC(=O)c1ccccc1NC(=O)c1ccc(S(=O)(=O)N2C[C@@H](C)O[C@H](C)C2)cc1. The molecule has 0 aromatic heterocycles. The minimum Gasteiger partial charge on any atom is -0.373 e. The molecule has 1 fully saturated rings. The molecule has 0 saturated carbocycles. The van der Waals surface area contributed by atoms with Crippen molar-refractivity contribution in [1.29, 1.82) is 0 Å². The zero-order valence-electron chi connectivity index (χ0n) is 16.6. The van der Waals surface area contributed by atoms with Crippen molar-refractivity contribution in [2.45, 2.75) is 37.9 Å². The Balaban J connectivity index is 1.78. The van der Waals surface area contributed by atoms with Crippen LogP contribution in [0, 0.1) is 0 Å². The molecule has 1 amide bonds. The highest BCUT2D eigenvalue weighted by Gasteiger charge is 2.32. The van der Waals surface area contributed by atoms with Crippen LogP contribution in [0.5, 0.6) is 0 Å². The Labute approximate surface area is 170 Å². The summed E-state index contributed by atoms with van der Waals surface area (Å²) in [6.07, 6.45) is -0.361. The average molecular weight is 416 g/mol. The summed E-state index contributed by atoms with van der Waals surface area (Å²) < 4.78 is 32.8. The number of carbonyl (C=O) groups excluding carboxylic acids is 2. The van der Waals surface area contributed by atoms with Gasteiger partial charge >= 0.3 is 0 Å². The van der Waals surface area contributed by atoms with Crippen LogP contribution in [0.25, 0.3) is 0 Å². The Kier molecular flexibility index (Phi) is 6.16. The van der Waals surface area contributed by atoms with Gasteiger partial charge in [0, 0.05) is 24.2 Å². The van der Waals surface area contributed by atoms with E-state index in [2.05, 4.69) is 5.32 Å². The van der Waals surface area contributed by atoms with Crippen molar-refractivity contribution in [1.82, 2.24) is 4.31 Å². The van der Waals surface area contributed by atoms with Crippen LogP contribution in [0.1, 0.15) is 41.5 Å². The second kappa shape index (κ2) is 8.44. The first-order chi connectivity index (χ1) is 13.7. The smallest absolute Gasteiger partial charge is 0.255 e. The number of ketones is 1. The van der Waals surface area contributed by atoms with Crippen LogP contribution in [0.15, 0.2) is 53.4 Å². The van der Waals surface area contributed by atoms with Gasteiger partial charge in [-0.2, -0.15) is 4.31 Å². The van der Waals surface area contributed by atoms with Gasteiger partial charge in [-0.15, -0.1) is 0 Å². The molecule has 0 radical (unpaired) electrons. The van der Waals surface area contributed by atoms with Gasteiger partial charge in [-0.25, -0.2) is 8.42 Å². The van der Waals surface area contributed by atoms with E-state index < -0.39 is 15.9 Å². The fourth-order valence-electron chi connectivity index (χ4n) is 3.35. The number of rotatable bonds is 5. The monoisotopic (exact) mass is 416 g/mol. The summed E-state index contributed by atoms with van der Waals surface area (Å²) >= 11 is 0. The lowest BCUT2D eigenvalue weighted by molar-refractivity contribution is -0.0440. The van der Waals surface area contributed by atoms with Crippen LogP contribution in [-0.2, 0) is 14.8 Å². The fourth-order valence-corrected chi connectivity index (χ4v) is 4.94. The lowest BCUT2D eigenvalue weighted by atomic mass is 10.1. The van der Waals surface area contributed by atoms with Crippen LogP contribution in [0.3, 0.4) is 0 Å². The van der Waals surface area contributed by atoms with Gasteiger partial charge in [0.2, 0.25) is 10.0 Å². The summed E-state index contributed by atoms with van der Waals surface area (Å²) in [7, 11) is -3.67. The van der Waals surface area contributed by atoms with Gasteiger partial charge in [-0.1, -0.05) is 12.1 Å². The summed E-state index contributed by atoms with van der Waals surface area (Å²) in [5.74, 6) is -0.576. The average Bonchev–Trinajstić information content (AvgIpc) is 2.67. The Morgan fingerprint density at radius 1 is 1.00 bits per heavy atom. The van der Waals surface area contributed by atoms with Crippen LogP contribution >= 0.6 is 0 Å². The molecule has 3 rings (SSSR count). The normalized spacial score (nSPS) is 20.2. The number of amides is 1. The molecule has 0 spiro atoms. The highest BCUT2D eigenvalue weighted by molar-refractivity contribution is 7.89. The van der Waals surface area contributed by atoms with Gasteiger partial charge in [0.15, 0.2) is 5.78 Å². The summed E-state index contributed by atoms with van der Waals surface area (Å²) in [6.45, 7) is 5.68. The largest absolute Gasteiger partial charge is 0.373 e. The number of morpholine rings is 1. The fraction of sp³-hybridized carbons (Fsp3) is 0.333. The standard InChI is InChI=1S/C21H24N2O5S/c1-14-12-23(13-15(2)28-14)29(26,27)18-10-8-17(9-11-18)21(25)22-20-7-5-4-6-19(20)16(3)24/h4-11,14-15H,12-13H2,1-3H3,(H,22,25)/t14-,15-/m1/s1. The molecular weight excluding hydrogens is 392 g/mol. The van der Waals surface area contributed by atoms with Crippen molar-refractivity contribution in [3.8, 4) is 0 Å². The van der Waals surface area contributed by atoms with E-state index >= 15 is 0 Å². The van der Waals surface area contributed by atoms with Crippen molar-refractivity contribution in [2.24, 2.45) is 0 Å². The molecule has 2 aromatic rings. The number of sulfonamides is 1. The molecule has 0 aliphatic carbocycles. The summed E-state index contributed by atoms with van der Waals surface area (Å²) in [5, 5.41) is 2.71. The summed E-state index contributed by atoms with van der Waals surface area (Å²) in [5.41, 5.74) is 1.12. The Hall–Kier alpha value is -2.55. The van der Waals surface area contributed by atoms with E-state index in [0.717, 1.165) is 0 Å². The number of ether oxygens (including phenoxy) is 1. The first-order valence-electron chi connectivity index (χ1n) is 9.35. The molecule has 0 unspecified atom stereocenters. The number of hydrogen-bond donors (Lipinski definition) is 1. The first kappa shape index (κ1) is 21.2. The van der Waals surface area contributed by atoms with Gasteiger partial charge in [-0.05, 0) is 57.2 Å². The molecule has 1 saturated heterocycles. The number of nitrogens with zero attached hydrogens (tertiary/aromatic N) is 1. The summed E-state index contributed by atoms with van der Waals surface area (Å²) in [6, 6.07) is 12.5. The van der Waals surface area contributed by atoms with Gasteiger partial charge < -0.3 is 10.1 Å². The zero-order valence-corrected chi connectivity index (χ0v) is 17.4. The van der Waals surface area contributed by atoms with Crippen LogP contribution in [0.4, 0.5) is 5.69 Å². The lowest BCUT2D eigenvalue weighted by Crippen LogP contribution is -2.48. The van der Waals surface area contributed by atoms with Crippen LogP contribution < -0.4 is 5.32 Å². The Bertz CT molecular complexity index is 1010. The van der Waals surface area contributed by atoms with Gasteiger partial charge in [0.1, 0.15) is 0 Å². The minimum absolute atomic E-state index is 0.125. The van der Waals surface area contributed by atoms with Crippen molar-refractivity contribution < 1.29 is 22.7 Å². The molecule has 2 atom stereocenters. The molecule has 8 heteroatoms. The second-order valence-electron chi connectivity index (χ2n) is 7.16. The van der Waals surface area contributed by atoms with E-state index in [0.29, 0.717) is 16.8 Å². The van der Waals surface area contributed by atoms with E-state index in [9.17, 15) is 18.0 Å². The molecule has 1 heterocycles. The van der Waals surface area contributed by atoms with Gasteiger partial charge in [0.05, 0.1) is 22.8 Å². The van der Waals surface area contributed by atoms with Crippen molar-refractivity contribution in [3.05, 3.63) is 59.7 Å². The molecule has 7 nitrogen and oxygen atoms in total. The highest BCUT2D eigenvalue weighted by atomic mass is 32.2. The van der Waals surface area contributed by atoms with E-state index in [-0.39, 0.29) is 36.0 Å². The van der Waals surface area contributed by atoms with Crippen molar-refractivity contribution in [2.75, 3.05) is 18.4 Å². The third kappa shape index (κ3) is 4.72. The summed E-state index contributed by atoms with van der Waals surface area (Å²) in [4.78, 5) is 24.4. The van der Waals surface area contributed by atoms with Crippen molar-refractivity contribution >= 4 is 27.4 Å². The molecule has 2 aromatic carbocycles. The predicted molar refractivity (Wildman–Crippen MR) is 110 cm³/mol. The number of hydrogen-bond acceptors (Lipinski definition) is 5. The van der Waals surface area contributed by atoms with E-state index in [1.54, 1.807) is 24.3 Å². The molecule has 29 heavy (non-hydrogen) atoms. The molecule has 1 aliphatic rings. The minimum atomic E-state index is -3.67. The molecule has 154 valence electrons. The second-order valence-corrected chi connectivity index (χ2v) is 9.10. The number of benzene rings is 2. The lowest BCUT2D eigenvalue weighted by Gasteiger charge is -2.34. The number of carbonyl (C=O) groups is 2. The van der Waals surface area contributed by atoms with Crippen LogP contribution in [0.2, 0.25) is 0 Å². The molecule has 0 bridgehead atoms. The zero-order chi connectivity index (χ0) is 21.2. The van der Waals surface area contributed by atoms with E-state index in [1.807, 2.05) is 13.8 Å². The topological polar surface area (TPSA) is 92.8 Å². The quantitative estimate of drug-likeness (QED) is 0.757. The molecule has 1 N–H and O–H groups in total. The molecule has 1 aliphatic heterocycles. The Morgan fingerprint density at radius 2 is 1.59 bits per heavy atom. The van der Waals surface area contributed by atoms with Crippen LogP contribution in [-0.4, -0.2) is 49.7 Å². The molecular formula is C21H24N2O5S. The van der Waals surface area contributed by atoms with Gasteiger partial charge in [-0.3, -0.25) is 9.59 Å². The maximum absolute atomic E-state index is 12.9. The van der Waals surface area contributed by atoms with E-state index in [4.69, 9.17) is 4.74 Å². The number of anilines is 1. The third-order valence-electron chi connectivity index (χ3n) is 4.69. The maximum atomic E-state index is 12.9. The van der Waals surface area contributed by atoms with Gasteiger partial charge in [0.25, 0.3) is 5.91 Å². The third-order valence-corrected chi connectivity index (χ3v) is 6.54. The van der Waals surface area contributed by atoms with Crippen molar-refractivity contribution in [3.63, 3.8) is 0 Å². The first-order valence-corrected chi connectivity index (χ1v) is 10.8. The number of para-hydroxylation sites is 1. The maximum Gasteiger partial charge on any atom is 0.255 e. The number of Topliss-reactive ketones (excluding diaryl/α,β-unsaturated/α-hetero) is 1. The Morgan fingerprint density at radius 3 is 2.17 bits per heavy atom. The highest BCUT2D eigenvalue weighted by Crippen LogP contribution is 2.22. The predicted octanol–water partition coefficient (Wildman–Crippen LogP) is 2.94. The number of nitrogens with one attached hydrogen (secondary N) is 1. The van der Waals surface area contributed by atoms with E-state index in [1.165, 1.54) is 35.5 Å².